The van der Waals surface area contributed by atoms with E-state index >= 15 is 0 Å². The molecular formula is C17H16N2O2. The number of hydrogen-bond donors (Lipinski definition) is 1. The summed E-state index contributed by atoms with van der Waals surface area (Å²) in [6.07, 6.45) is 1.89. The van der Waals surface area contributed by atoms with Crippen LogP contribution in [0.2, 0.25) is 0 Å². The molecule has 106 valence electrons. The molecule has 0 bridgehead atoms. The summed E-state index contributed by atoms with van der Waals surface area (Å²) >= 11 is 0. The lowest BCUT2D eigenvalue weighted by Gasteiger charge is -2.13. The molecule has 0 spiro atoms. The van der Waals surface area contributed by atoms with Crippen LogP contribution in [0.5, 0.6) is 0 Å². The maximum atomic E-state index is 11.1. The molecule has 1 N–H and O–H groups in total. The number of aromatic amines is 1. The number of aryl methyl sites for hydroxylation is 1. The zero-order chi connectivity index (χ0) is 14.8. The third-order valence-corrected chi connectivity index (χ3v) is 3.78. The van der Waals surface area contributed by atoms with Crippen molar-refractivity contribution in [1.29, 1.82) is 0 Å². The van der Waals surface area contributed by atoms with Crippen LogP contribution in [0.15, 0.2) is 54.7 Å². The number of nitro groups is 1. The fourth-order valence-corrected chi connectivity index (χ4v) is 2.76. The van der Waals surface area contributed by atoms with Crippen LogP contribution in [0.25, 0.3) is 10.9 Å². The molecule has 1 atom stereocenters. The molecule has 4 nitrogen and oxygen atoms in total. The lowest BCUT2D eigenvalue weighted by molar-refractivity contribution is -0.481. The van der Waals surface area contributed by atoms with E-state index in [0.29, 0.717) is 0 Å². The van der Waals surface area contributed by atoms with E-state index in [2.05, 4.69) is 11.1 Å². The van der Waals surface area contributed by atoms with Gasteiger partial charge in [0, 0.05) is 22.0 Å². The van der Waals surface area contributed by atoms with E-state index in [0.717, 1.165) is 27.6 Å². The maximum Gasteiger partial charge on any atom is 0.214 e. The number of aromatic nitrogens is 1. The van der Waals surface area contributed by atoms with Crippen molar-refractivity contribution in [1.82, 2.24) is 4.98 Å². The summed E-state index contributed by atoms with van der Waals surface area (Å²) in [6, 6.07) is 15.8. The van der Waals surface area contributed by atoms with E-state index in [1.54, 1.807) is 0 Å². The minimum absolute atomic E-state index is 0.106. The monoisotopic (exact) mass is 280 g/mol. The number of H-pyrrole nitrogens is 1. The Labute approximate surface area is 122 Å². The van der Waals surface area contributed by atoms with Crippen molar-refractivity contribution in [2.75, 3.05) is 6.54 Å². The molecule has 3 aromatic rings. The van der Waals surface area contributed by atoms with E-state index in [4.69, 9.17) is 0 Å². The van der Waals surface area contributed by atoms with Crippen LogP contribution in [0.1, 0.15) is 22.6 Å². The molecule has 0 aliphatic carbocycles. The predicted octanol–water partition coefficient (Wildman–Crippen LogP) is 3.88. The van der Waals surface area contributed by atoms with Gasteiger partial charge in [0.2, 0.25) is 6.54 Å². The Morgan fingerprint density at radius 1 is 1.19 bits per heavy atom. The normalized spacial score (nSPS) is 12.4. The molecule has 0 amide bonds. The zero-order valence-electron chi connectivity index (χ0n) is 11.7. The molecule has 1 heterocycles. The number of rotatable bonds is 4. The minimum Gasteiger partial charge on any atom is -0.361 e. The number of nitrogens with zero attached hydrogens (tertiary/aromatic N) is 1. The standard InChI is InChI=1S/C17H16N2O2/c1-12-7-8-17-14(9-12)15(10-18-17)16(11-19(20)21)13-5-3-2-4-6-13/h2-10,16,18H,11H2,1H3/t16-/m1/s1. The SMILES string of the molecule is Cc1ccc2[nH]cc([C@H](C[N+](=O)[O-])c3ccccc3)c2c1. The lowest BCUT2D eigenvalue weighted by Crippen LogP contribution is -2.13. The van der Waals surface area contributed by atoms with Gasteiger partial charge in [-0.2, -0.15) is 0 Å². The van der Waals surface area contributed by atoms with Crippen LogP contribution >= 0.6 is 0 Å². The van der Waals surface area contributed by atoms with E-state index in [1.165, 1.54) is 0 Å². The fourth-order valence-electron chi connectivity index (χ4n) is 2.76. The topological polar surface area (TPSA) is 58.9 Å². The van der Waals surface area contributed by atoms with Gasteiger partial charge in [-0.15, -0.1) is 0 Å². The van der Waals surface area contributed by atoms with E-state index in [1.807, 2.05) is 55.6 Å². The second-order valence-corrected chi connectivity index (χ2v) is 5.27. The van der Waals surface area contributed by atoms with Gasteiger partial charge < -0.3 is 4.98 Å². The van der Waals surface area contributed by atoms with Crippen LogP contribution in [0.3, 0.4) is 0 Å². The molecule has 0 aliphatic heterocycles. The third-order valence-electron chi connectivity index (χ3n) is 3.78. The summed E-state index contributed by atoms with van der Waals surface area (Å²) in [7, 11) is 0. The van der Waals surface area contributed by atoms with E-state index < -0.39 is 0 Å². The van der Waals surface area contributed by atoms with Crippen LogP contribution < -0.4 is 0 Å². The summed E-state index contributed by atoms with van der Waals surface area (Å²) in [6.45, 7) is 1.92. The molecule has 21 heavy (non-hydrogen) atoms. The Balaban J connectivity index is 2.14. The van der Waals surface area contributed by atoms with Gasteiger partial charge in [-0.1, -0.05) is 42.0 Å². The highest BCUT2D eigenvalue weighted by Gasteiger charge is 2.23. The van der Waals surface area contributed by atoms with Gasteiger partial charge in [-0.05, 0) is 30.2 Å². The molecule has 0 aliphatic rings. The third kappa shape index (κ3) is 2.65. The quantitative estimate of drug-likeness (QED) is 0.582. The highest BCUT2D eigenvalue weighted by atomic mass is 16.6. The highest BCUT2D eigenvalue weighted by molar-refractivity contribution is 5.84. The molecule has 1 aromatic heterocycles. The molecular weight excluding hydrogens is 264 g/mol. The molecule has 2 aromatic carbocycles. The van der Waals surface area contributed by atoms with Crippen molar-refractivity contribution in [2.45, 2.75) is 12.8 Å². The number of fused-ring (bicyclic) bond motifs is 1. The molecule has 0 saturated heterocycles. The van der Waals surface area contributed by atoms with Crippen molar-refractivity contribution in [2.24, 2.45) is 0 Å². The van der Waals surface area contributed by atoms with Gasteiger partial charge >= 0.3 is 0 Å². The van der Waals surface area contributed by atoms with Gasteiger partial charge in [0.1, 0.15) is 0 Å². The molecule has 0 unspecified atom stereocenters. The van der Waals surface area contributed by atoms with Crippen LogP contribution in [0, 0.1) is 17.0 Å². The largest absolute Gasteiger partial charge is 0.361 e. The summed E-state index contributed by atoms with van der Waals surface area (Å²) in [4.78, 5) is 14.0. The first-order valence-electron chi connectivity index (χ1n) is 6.89. The maximum absolute atomic E-state index is 11.1. The molecule has 0 saturated carbocycles. The van der Waals surface area contributed by atoms with Crippen molar-refractivity contribution in [3.8, 4) is 0 Å². The van der Waals surface area contributed by atoms with Crippen molar-refractivity contribution in [3.63, 3.8) is 0 Å². The lowest BCUT2D eigenvalue weighted by atomic mass is 9.91. The molecule has 3 rings (SSSR count). The first kappa shape index (κ1) is 13.4. The van der Waals surface area contributed by atoms with Gasteiger partial charge in [-0.25, -0.2) is 0 Å². The Kier molecular flexibility index (Phi) is 3.44. The Hall–Kier alpha value is -2.62. The Bertz CT molecular complexity index is 778. The molecule has 0 radical (unpaired) electrons. The molecule has 4 heteroatoms. The van der Waals surface area contributed by atoms with Crippen LogP contribution in [-0.4, -0.2) is 16.5 Å². The first-order valence-corrected chi connectivity index (χ1v) is 6.89. The Morgan fingerprint density at radius 2 is 1.95 bits per heavy atom. The van der Waals surface area contributed by atoms with Crippen molar-refractivity contribution < 1.29 is 4.92 Å². The van der Waals surface area contributed by atoms with Crippen LogP contribution in [0.4, 0.5) is 0 Å². The summed E-state index contributed by atoms with van der Waals surface area (Å²) in [5, 5.41) is 12.1. The first-order chi connectivity index (χ1) is 10.1. The van der Waals surface area contributed by atoms with Gasteiger partial charge in [-0.3, -0.25) is 10.1 Å². The summed E-state index contributed by atoms with van der Waals surface area (Å²) in [5.41, 5.74) is 4.12. The van der Waals surface area contributed by atoms with Gasteiger partial charge in [0.15, 0.2) is 0 Å². The fraction of sp³-hybridized carbons (Fsp3) is 0.176. The second kappa shape index (κ2) is 5.40. The van der Waals surface area contributed by atoms with Crippen molar-refractivity contribution in [3.05, 3.63) is 81.5 Å². The highest BCUT2D eigenvalue weighted by Crippen LogP contribution is 2.31. The van der Waals surface area contributed by atoms with E-state index in [9.17, 15) is 10.1 Å². The van der Waals surface area contributed by atoms with Crippen LogP contribution in [-0.2, 0) is 0 Å². The summed E-state index contributed by atoms with van der Waals surface area (Å²) in [5.74, 6) is -0.239. The predicted molar refractivity (Wildman–Crippen MR) is 83.2 cm³/mol. The summed E-state index contributed by atoms with van der Waals surface area (Å²) < 4.78 is 0. The molecule has 0 fully saturated rings. The number of nitrogens with one attached hydrogen (secondary N) is 1. The van der Waals surface area contributed by atoms with Crippen molar-refractivity contribution >= 4 is 10.9 Å². The van der Waals surface area contributed by atoms with Gasteiger partial charge in [0.05, 0.1) is 5.92 Å². The average Bonchev–Trinajstić information content (AvgIpc) is 2.88. The smallest absolute Gasteiger partial charge is 0.214 e. The minimum atomic E-state index is -0.244. The zero-order valence-corrected chi connectivity index (χ0v) is 11.7. The second-order valence-electron chi connectivity index (χ2n) is 5.27. The van der Waals surface area contributed by atoms with E-state index in [-0.39, 0.29) is 17.4 Å². The van der Waals surface area contributed by atoms with Gasteiger partial charge in [0.25, 0.3) is 0 Å². The number of hydrogen-bond acceptors (Lipinski definition) is 2. The number of benzene rings is 2. The average molecular weight is 280 g/mol. The Morgan fingerprint density at radius 3 is 2.67 bits per heavy atom.